The number of halogens is 1. The summed E-state index contributed by atoms with van der Waals surface area (Å²) in [5.74, 6) is -2.21. The number of amides is 1. The molecule has 2 aromatic carbocycles. The third-order valence-electron chi connectivity index (χ3n) is 5.37. The van der Waals surface area contributed by atoms with Gasteiger partial charge in [-0.05, 0) is 52.8 Å². The number of thiophene rings is 1. The van der Waals surface area contributed by atoms with E-state index >= 15 is 0 Å². The molecule has 1 aromatic heterocycles. The molecule has 204 valence electrons. The largest absolute Gasteiger partial charge is 0.550 e. The van der Waals surface area contributed by atoms with Gasteiger partial charge in [-0.1, -0.05) is 6.07 Å². The molecule has 14 heteroatoms. The zero-order valence-corrected chi connectivity index (χ0v) is 23.8. The molecule has 0 fully saturated rings. The maximum absolute atomic E-state index is 13.6. The summed E-state index contributed by atoms with van der Waals surface area (Å²) < 4.78 is 45.4. The summed E-state index contributed by atoms with van der Waals surface area (Å²) in [5.41, 5.74) is 7.37. The molecule has 7 N–H and O–H groups in total. The standard InChI is InChI=1S/C25H25FN5O5PS2/c1-14-10-15(4-6-18(14)26)12-29-25(33)21(23(32)22(27)16-8-9-38-13-16)24(28)30-19-7-5-17(31-39(3)35)11-20(19)37(34)36-2/h4-11,13H,12H2,1-3H3,(H5-,27,28,29,30,31,32,33,34)/p+2. The minimum atomic E-state index is -2.40. The van der Waals surface area contributed by atoms with Gasteiger partial charge in [0.2, 0.25) is 0 Å². The van der Waals surface area contributed by atoms with E-state index < -0.39 is 42.1 Å². The average Bonchev–Trinajstić information content (AvgIpc) is 3.44. The Morgan fingerprint density at radius 3 is 2.67 bits per heavy atom. The molecule has 1 amide bonds. The van der Waals surface area contributed by atoms with E-state index in [1.165, 1.54) is 60.4 Å². The number of benzene rings is 2. The topological polar surface area (TPSA) is 172 Å². The minimum absolute atomic E-state index is 0.0808. The molecule has 2 atom stereocenters. The molecule has 3 aromatic rings. The number of nitrogens with one attached hydrogen (secondary N) is 2. The maximum atomic E-state index is 13.6. The van der Waals surface area contributed by atoms with Crippen molar-refractivity contribution in [1.29, 1.82) is 5.41 Å². The first-order valence-electron chi connectivity index (χ1n) is 11.3. The van der Waals surface area contributed by atoms with Crippen LogP contribution in [-0.2, 0) is 31.4 Å². The lowest BCUT2D eigenvalue weighted by Crippen LogP contribution is -2.87. The number of nitrogens with two attached hydrogens (primary N) is 2. The number of anilines is 1. The smallest absolute Gasteiger partial charge is 0.505 e. The molecule has 0 spiro atoms. The predicted molar refractivity (Wildman–Crippen MR) is 152 cm³/mol. The fourth-order valence-corrected chi connectivity index (χ4v) is 5.32. The molecule has 0 aliphatic heterocycles. The number of nitrogens with zero attached hydrogens (tertiary/aromatic N) is 1. The highest BCUT2D eigenvalue weighted by atomic mass is 32.2. The molecule has 2 unspecified atom stereocenters. The number of aryl methyl sites for hydroxylation is 1. The van der Waals surface area contributed by atoms with Gasteiger partial charge in [0.25, 0.3) is 5.30 Å². The number of allylic oxidation sites excluding steroid dienone is 1. The Hall–Kier alpha value is -3.61. The van der Waals surface area contributed by atoms with Crippen molar-refractivity contribution in [3.8, 4) is 0 Å². The number of primary amides is 1. The molecule has 0 saturated carbocycles. The second-order valence-corrected chi connectivity index (χ2v) is 11.4. The van der Waals surface area contributed by atoms with Crippen LogP contribution in [-0.4, -0.2) is 40.1 Å². The summed E-state index contributed by atoms with van der Waals surface area (Å²) in [6, 6.07) is 10.4. The molecule has 0 aliphatic rings. The van der Waals surface area contributed by atoms with E-state index in [1.807, 2.05) is 0 Å². The lowest BCUT2D eigenvalue weighted by Gasteiger charge is -2.10. The number of carbonyl (C=O) groups excluding carboxylic acids is 1. The fraction of sp³-hybridized carbons (Fsp3) is 0.160. The molecule has 0 radical (unpaired) electrons. The van der Waals surface area contributed by atoms with Crippen molar-refractivity contribution in [1.82, 2.24) is 0 Å². The van der Waals surface area contributed by atoms with E-state index in [-0.39, 0.29) is 29.1 Å². The highest BCUT2D eigenvalue weighted by Crippen LogP contribution is 2.29. The summed E-state index contributed by atoms with van der Waals surface area (Å²) in [6.07, 6.45) is 1.43. The monoisotopic (exact) mass is 591 g/mol. The van der Waals surface area contributed by atoms with Gasteiger partial charge in [-0.3, -0.25) is 10.7 Å². The van der Waals surface area contributed by atoms with Crippen LogP contribution in [0, 0.1) is 18.2 Å². The molecule has 0 aliphatic carbocycles. The number of aliphatic hydroxyl groups is 1. The van der Waals surface area contributed by atoms with Crippen LogP contribution < -0.4 is 21.1 Å². The average molecular weight is 592 g/mol. The Morgan fingerprint density at radius 1 is 1.31 bits per heavy atom. The third kappa shape index (κ3) is 7.71. The summed E-state index contributed by atoms with van der Waals surface area (Å²) in [6.45, 7) is 1.71. The Bertz CT molecular complexity index is 1510. The number of aliphatic hydroxyl groups excluding tert-OH is 1. The van der Waals surface area contributed by atoms with E-state index in [0.717, 1.165) is 0 Å². The molecule has 10 nitrogen and oxygen atoms in total. The van der Waals surface area contributed by atoms with Crippen molar-refractivity contribution in [2.24, 2.45) is 10.7 Å². The van der Waals surface area contributed by atoms with Crippen molar-refractivity contribution in [2.75, 3.05) is 18.1 Å². The van der Waals surface area contributed by atoms with Crippen LogP contribution in [0.2, 0.25) is 0 Å². The highest BCUT2D eigenvalue weighted by Gasteiger charge is 2.30. The molecule has 3 rings (SSSR count). The molecular formula is C25H27FN5O5PS2+2. The number of amidine groups is 1. The zero-order chi connectivity index (χ0) is 28.7. The van der Waals surface area contributed by atoms with E-state index in [2.05, 4.69) is 9.71 Å². The van der Waals surface area contributed by atoms with E-state index in [9.17, 15) is 23.1 Å². The quantitative estimate of drug-likeness (QED) is 0.0754. The van der Waals surface area contributed by atoms with Crippen molar-refractivity contribution < 1.29 is 32.9 Å². The van der Waals surface area contributed by atoms with Crippen molar-refractivity contribution in [3.63, 3.8) is 0 Å². The lowest BCUT2D eigenvalue weighted by molar-refractivity contribution is -0.581. The first kappa shape index (κ1) is 29.9. The number of aliphatic imine (C=N–C) groups is 1. The van der Waals surface area contributed by atoms with Crippen LogP contribution in [0.4, 0.5) is 15.8 Å². The SMILES string of the molecule is CO[P+](=O)c1cc(NS(C)=O)ccc1N=C(N)C(C(=O)[NH2+]Cc1ccc(F)c(C)c1)=C(O)C(=N)c1ccsc1. The first-order valence-corrected chi connectivity index (χ1v) is 15.0. The summed E-state index contributed by atoms with van der Waals surface area (Å²) in [5, 5.41) is 24.1. The lowest BCUT2D eigenvalue weighted by atomic mass is 10.1. The Morgan fingerprint density at radius 2 is 2.05 bits per heavy atom. The maximum Gasteiger partial charge on any atom is 0.550 e. The van der Waals surface area contributed by atoms with E-state index in [4.69, 9.17) is 15.7 Å². The van der Waals surface area contributed by atoms with Crippen molar-refractivity contribution in [3.05, 3.63) is 87.1 Å². The van der Waals surface area contributed by atoms with Gasteiger partial charge in [0.05, 0.1) is 12.8 Å². The van der Waals surface area contributed by atoms with Gasteiger partial charge in [0.15, 0.2) is 11.3 Å². The number of rotatable bonds is 11. The summed E-state index contributed by atoms with van der Waals surface area (Å²) in [4.78, 5) is 17.6. The van der Waals surface area contributed by atoms with Gasteiger partial charge < -0.3 is 15.6 Å². The normalized spacial score (nSPS) is 13.4. The van der Waals surface area contributed by atoms with Gasteiger partial charge >= 0.3 is 13.9 Å². The molecule has 39 heavy (non-hydrogen) atoms. The molecule has 0 saturated heterocycles. The van der Waals surface area contributed by atoms with Crippen molar-refractivity contribution >= 4 is 64.5 Å². The van der Waals surface area contributed by atoms with Crippen molar-refractivity contribution in [2.45, 2.75) is 13.5 Å². The van der Waals surface area contributed by atoms with Gasteiger partial charge in [-0.2, -0.15) is 11.3 Å². The van der Waals surface area contributed by atoms with Crippen LogP contribution in [0.5, 0.6) is 0 Å². The highest BCUT2D eigenvalue weighted by molar-refractivity contribution is 7.85. The third-order valence-corrected chi connectivity index (χ3v) is 7.66. The minimum Gasteiger partial charge on any atom is -0.505 e. The number of carbonyl (C=O) groups is 1. The zero-order valence-electron chi connectivity index (χ0n) is 21.2. The second kappa shape index (κ2) is 13.5. The van der Waals surface area contributed by atoms with Crippen LogP contribution in [0.3, 0.4) is 0 Å². The molecule has 1 heterocycles. The van der Waals surface area contributed by atoms with Crippen LogP contribution in [0.1, 0.15) is 16.7 Å². The van der Waals surface area contributed by atoms with E-state index in [0.29, 0.717) is 22.4 Å². The fourth-order valence-electron chi connectivity index (χ4n) is 3.46. The van der Waals surface area contributed by atoms with Crippen LogP contribution >= 0.6 is 19.4 Å². The first-order chi connectivity index (χ1) is 18.5. The molecular weight excluding hydrogens is 564 g/mol. The number of hydrogen-bond acceptors (Lipinski definition) is 8. The predicted octanol–water partition coefficient (Wildman–Crippen LogP) is 3.07. The van der Waals surface area contributed by atoms with Gasteiger partial charge in [0.1, 0.15) is 40.6 Å². The number of quaternary nitrogens is 1. The molecule has 0 bridgehead atoms. The van der Waals surface area contributed by atoms with Gasteiger partial charge in [0, 0.05) is 28.8 Å². The van der Waals surface area contributed by atoms with Gasteiger partial charge in [-0.15, -0.1) is 4.52 Å². The Kier molecular flexibility index (Phi) is 10.3. The number of hydrogen-bond donors (Lipinski definition) is 5. The summed E-state index contributed by atoms with van der Waals surface area (Å²) >= 11 is 1.31. The van der Waals surface area contributed by atoms with Crippen LogP contribution in [0.25, 0.3) is 0 Å². The van der Waals surface area contributed by atoms with E-state index in [1.54, 1.807) is 29.8 Å². The second-order valence-electron chi connectivity index (χ2n) is 8.16. The van der Waals surface area contributed by atoms with Crippen LogP contribution in [0.15, 0.2) is 69.5 Å². The Balaban J connectivity index is 2.05. The Labute approximate surface area is 231 Å². The summed E-state index contributed by atoms with van der Waals surface area (Å²) in [7, 11) is -2.55. The van der Waals surface area contributed by atoms with Gasteiger partial charge in [-0.25, -0.2) is 18.4 Å².